The Morgan fingerprint density at radius 3 is 2.67 bits per heavy atom. The van der Waals surface area contributed by atoms with E-state index in [0.29, 0.717) is 0 Å². The maximum Gasteiger partial charge on any atom is 0.131 e. The number of anilines is 3. The van der Waals surface area contributed by atoms with Gasteiger partial charge in [0.25, 0.3) is 0 Å². The Kier molecular flexibility index (Phi) is 3.36. The minimum Gasteiger partial charge on any atom is -0.497 e. The van der Waals surface area contributed by atoms with Gasteiger partial charge < -0.3 is 15.8 Å². The topological polar surface area (TPSA) is 60.2 Å². The van der Waals surface area contributed by atoms with Crippen molar-refractivity contribution in [1.82, 2.24) is 4.98 Å². The normalized spacial score (nSPS) is 10.6. The number of nitrogens with one attached hydrogen (secondary N) is 1. The van der Waals surface area contributed by atoms with Crippen molar-refractivity contribution in [3.63, 3.8) is 0 Å². The van der Waals surface area contributed by atoms with Gasteiger partial charge >= 0.3 is 0 Å². The monoisotopic (exact) mass is 279 g/mol. The minimum absolute atomic E-state index is 0.746. The fourth-order valence-electron chi connectivity index (χ4n) is 2.26. The number of nitrogen functional groups attached to an aromatic ring is 1. The number of hydrogen-bond acceptors (Lipinski definition) is 4. The van der Waals surface area contributed by atoms with Gasteiger partial charge in [-0.2, -0.15) is 0 Å². The second kappa shape index (κ2) is 5.32. The molecule has 1 aromatic heterocycles. The summed E-state index contributed by atoms with van der Waals surface area (Å²) in [7, 11) is 1.67. The molecule has 0 aliphatic rings. The largest absolute Gasteiger partial charge is 0.497 e. The first-order chi connectivity index (χ1) is 10.2. The first kappa shape index (κ1) is 13.2. The number of ether oxygens (including phenoxy) is 1. The molecule has 0 bridgehead atoms. The van der Waals surface area contributed by atoms with Gasteiger partial charge in [0.15, 0.2) is 0 Å². The first-order valence-electron chi connectivity index (χ1n) is 6.74. The molecule has 0 amide bonds. The second-order valence-corrected chi connectivity index (χ2v) is 4.95. The molecular weight excluding hydrogens is 262 g/mol. The third kappa shape index (κ3) is 2.74. The van der Waals surface area contributed by atoms with Crippen LogP contribution in [0.4, 0.5) is 17.2 Å². The molecule has 3 aromatic rings. The van der Waals surface area contributed by atoms with Crippen molar-refractivity contribution in [2.75, 3.05) is 18.2 Å². The van der Waals surface area contributed by atoms with E-state index in [2.05, 4.69) is 10.3 Å². The number of hydrogen-bond donors (Lipinski definition) is 2. The fourth-order valence-corrected chi connectivity index (χ4v) is 2.26. The lowest BCUT2D eigenvalue weighted by atomic mass is 10.1. The van der Waals surface area contributed by atoms with Crippen LogP contribution in [-0.4, -0.2) is 12.1 Å². The number of fused-ring (bicyclic) bond motifs is 1. The third-order valence-electron chi connectivity index (χ3n) is 3.41. The van der Waals surface area contributed by atoms with Crippen LogP contribution < -0.4 is 15.8 Å². The number of aromatic nitrogens is 1. The van der Waals surface area contributed by atoms with Crippen LogP contribution in [0.2, 0.25) is 0 Å². The zero-order chi connectivity index (χ0) is 14.8. The van der Waals surface area contributed by atoms with Gasteiger partial charge in [0.05, 0.1) is 12.6 Å². The highest BCUT2D eigenvalue weighted by Crippen LogP contribution is 2.25. The van der Waals surface area contributed by atoms with Crippen LogP contribution in [-0.2, 0) is 0 Å². The van der Waals surface area contributed by atoms with Crippen molar-refractivity contribution < 1.29 is 4.74 Å². The van der Waals surface area contributed by atoms with E-state index in [1.54, 1.807) is 7.11 Å². The van der Waals surface area contributed by atoms with Crippen molar-refractivity contribution in [2.24, 2.45) is 0 Å². The number of aryl methyl sites for hydroxylation is 1. The average Bonchev–Trinajstić information content (AvgIpc) is 2.49. The van der Waals surface area contributed by atoms with E-state index in [-0.39, 0.29) is 0 Å². The van der Waals surface area contributed by atoms with E-state index < -0.39 is 0 Å². The second-order valence-electron chi connectivity index (χ2n) is 4.95. The lowest BCUT2D eigenvalue weighted by molar-refractivity contribution is 0.414. The summed E-state index contributed by atoms with van der Waals surface area (Å²) < 4.78 is 5.21. The Balaban J connectivity index is 1.92. The van der Waals surface area contributed by atoms with Gasteiger partial charge in [-0.05, 0) is 61.0 Å². The van der Waals surface area contributed by atoms with Crippen LogP contribution in [0.15, 0.2) is 48.5 Å². The molecule has 21 heavy (non-hydrogen) atoms. The van der Waals surface area contributed by atoms with Gasteiger partial charge in [-0.1, -0.05) is 0 Å². The summed E-state index contributed by atoms with van der Waals surface area (Å²) >= 11 is 0. The molecule has 4 heteroatoms. The highest BCUT2D eigenvalue weighted by molar-refractivity contribution is 5.83. The molecule has 4 nitrogen and oxygen atoms in total. The van der Waals surface area contributed by atoms with Crippen LogP contribution in [0.1, 0.15) is 5.56 Å². The van der Waals surface area contributed by atoms with E-state index in [9.17, 15) is 0 Å². The summed E-state index contributed by atoms with van der Waals surface area (Å²) in [6.07, 6.45) is 0. The molecule has 0 unspecified atom stereocenters. The zero-order valence-corrected chi connectivity index (χ0v) is 12.1. The Labute approximate surface area is 123 Å². The number of nitrogens with two attached hydrogens (primary N) is 1. The van der Waals surface area contributed by atoms with E-state index in [4.69, 9.17) is 10.5 Å². The minimum atomic E-state index is 0.746. The zero-order valence-electron chi connectivity index (χ0n) is 12.1. The van der Waals surface area contributed by atoms with Gasteiger partial charge in [0.2, 0.25) is 0 Å². The SMILES string of the molecule is COc1ccc(Nc2ccc3cc(N)ccc3n2)c(C)c1. The molecule has 0 spiro atoms. The summed E-state index contributed by atoms with van der Waals surface area (Å²) in [6.45, 7) is 2.03. The molecule has 0 radical (unpaired) electrons. The highest BCUT2D eigenvalue weighted by Gasteiger charge is 2.03. The Morgan fingerprint density at radius 1 is 1.05 bits per heavy atom. The van der Waals surface area contributed by atoms with Crippen LogP contribution in [0, 0.1) is 6.92 Å². The maximum absolute atomic E-state index is 5.78. The predicted octanol–water partition coefficient (Wildman–Crippen LogP) is 3.88. The van der Waals surface area contributed by atoms with Gasteiger partial charge in [-0.25, -0.2) is 4.98 Å². The molecule has 3 rings (SSSR count). The van der Waals surface area contributed by atoms with Crippen molar-refractivity contribution in [2.45, 2.75) is 6.92 Å². The van der Waals surface area contributed by atoms with E-state index in [1.807, 2.05) is 55.5 Å². The number of benzene rings is 2. The summed E-state index contributed by atoms with van der Waals surface area (Å²) in [5.41, 5.74) is 9.56. The van der Waals surface area contributed by atoms with Crippen molar-refractivity contribution >= 4 is 28.1 Å². The standard InChI is InChI=1S/C17H17N3O/c1-11-9-14(21-2)5-7-15(11)19-17-8-3-12-10-13(18)4-6-16(12)20-17/h3-10H,18H2,1-2H3,(H,19,20). The van der Waals surface area contributed by atoms with Crippen molar-refractivity contribution in [1.29, 1.82) is 0 Å². The van der Waals surface area contributed by atoms with E-state index >= 15 is 0 Å². The first-order valence-corrected chi connectivity index (χ1v) is 6.74. The molecule has 0 saturated heterocycles. The van der Waals surface area contributed by atoms with Crippen LogP contribution >= 0.6 is 0 Å². The summed E-state index contributed by atoms with van der Waals surface area (Å²) in [5.74, 6) is 1.65. The quantitative estimate of drug-likeness (QED) is 0.714. The van der Waals surface area contributed by atoms with Gasteiger partial charge in [0.1, 0.15) is 11.6 Å². The molecule has 0 atom stereocenters. The van der Waals surface area contributed by atoms with Crippen molar-refractivity contribution in [3.05, 3.63) is 54.1 Å². The molecule has 0 fully saturated rings. The smallest absolute Gasteiger partial charge is 0.131 e. The number of rotatable bonds is 3. The van der Waals surface area contributed by atoms with Crippen molar-refractivity contribution in [3.8, 4) is 5.75 Å². The lowest BCUT2D eigenvalue weighted by Gasteiger charge is -2.11. The lowest BCUT2D eigenvalue weighted by Crippen LogP contribution is -1.96. The summed E-state index contributed by atoms with van der Waals surface area (Å²) in [4.78, 5) is 4.60. The molecule has 0 saturated carbocycles. The van der Waals surface area contributed by atoms with Gasteiger partial charge in [-0.15, -0.1) is 0 Å². The van der Waals surface area contributed by atoms with Crippen LogP contribution in [0.25, 0.3) is 10.9 Å². The Bertz CT molecular complexity index is 799. The van der Waals surface area contributed by atoms with Gasteiger partial charge in [0, 0.05) is 16.8 Å². The predicted molar refractivity (Wildman–Crippen MR) is 87.2 cm³/mol. The molecule has 0 aliphatic heterocycles. The molecular formula is C17H17N3O. The van der Waals surface area contributed by atoms with E-state index in [1.165, 1.54) is 0 Å². The number of methoxy groups -OCH3 is 1. The summed E-state index contributed by atoms with van der Waals surface area (Å²) in [6, 6.07) is 15.6. The average molecular weight is 279 g/mol. The maximum atomic E-state index is 5.78. The summed E-state index contributed by atoms with van der Waals surface area (Å²) in [5, 5.41) is 4.37. The molecule has 0 aliphatic carbocycles. The molecule has 3 N–H and O–H groups in total. The van der Waals surface area contributed by atoms with Gasteiger partial charge in [-0.3, -0.25) is 0 Å². The number of pyridine rings is 1. The highest BCUT2D eigenvalue weighted by atomic mass is 16.5. The molecule has 2 aromatic carbocycles. The Morgan fingerprint density at radius 2 is 1.90 bits per heavy atom. The third-order valence-corrected chi connectivity index (χ3v) is 3.41. The molecule has 106 valence electrons. The Hall–Kier alpha value is -2.75. The number of nitrogens with zero attached hydrogens (tertiary/aromatic N) is 1. The molecule has 1 heterocycles. The van der Waals surface area contributed by atoms with Crippen LogP contribution in [0.5, 0.6) is 5.75 Å². The van der Waals surface area contributed by atoms with E-state index in [0.717, 1.165) is 39.4 Å². The van der Waals surface area contributed by atoms with Crippen LogP contribution in [0.3, 0.4) is 0 Å². The fraction of sp³-hybridized carbons (Fsp3) is 0.118.